The van der Waals surface area contributed by atoms with Crippen LogP contribution < -0.4 is 0 Å². The number of non-ortho nitro benzene ring substituents is 1. The second-order valence-corrected chi connectivity index (χ2v) is 5.65. The molecule has 0 unspecified atom stereocenters. The molecule has 8 nitrogen and oxygen atoms in total. The molecular weight excluding hydrogens is 379 g/mol. The van der Waals surface area contributed by atoms with Gasteiger partial charge in [0.15, 0.2) is 11.3 Å². The molecule has 0 aliphatic heterocycles. The molecule has 0 aliphatic carbocycles. The number of nitrogens with zero attached hydrogens (tertiary/aromatic N) is 5. The highest BCUT2D eigenvalue weighted by atomic mass is 19.4. The second kappa shape index (κ2) is 6.37. The lowest BCUT2D eigenvalue weighted by Gasteiger charge is -2.10. The zero-order valence-electron chi connectivity index (χ0n) is 13.7. The maximum Gasteiger partial charge on any atom is 0.434 e. The number of alkyl halides is 3. The number of fused-ring (bicyclic) bond motifs is 1. The molecule has 4 aromatic rings. The Balaban J connectivity index is 1.81. The molecule has 0 fully saturated rings. The van der Waals surface area contributed by atoms with E-state index in [0.717, 1.165) is 0 Å². The minimum absolute atomic E-state index is 0.0614. The van der Waals surface area contributed by atoms with Crippen LogP contribution in [0.5, 0.6) is 0 Å². The summed E-state index contributed by atoms with van der Waals surface area (Å²) in [6, 6.07) is 9.54. The lowest BCUT2D eigenvalue weighted by Crippen LogP contribution is -2.11. The molecule has 3 heterocycles. The molecule has 0 saturated carbocycles. The first-order valence-electron chi connectivity index (χ1n) is 7.74. The monoisotopic (exact) mass is 387 g/mol. The van der Waals surface area contributed by atoms with Gasteiger partial charge in [-0.3, -0.25) is 10.1 Å². The number of nitro benzene ring substituents is 1. The molecule has 4 rings (SSSR count). The van der Waals surface area contributed by atoms with Crippen molar-refractivity contribution in [1.82, 2.24) is 20.2 Å². The maximum absolute atomic E-state index is 13.5. The van der Waals surface area contributed by atoms with Gasteiger partial charge in [-0.15, -0.1) is 10.2 Å². The van der Waals surface area contributed by atoms with Gasteiger partial charge in [0.2, 0.25) is 11.8 Å². The summed E-state index contributed by atoms with van der Waals surface area (Å²) in [7, 11) is 0. The van der Waals surface area contributed by atoms with E-state index >= 15 is 0 Å². The molecule has 28 heavy (non-hydrogen) atoms. The average molecular weight is 387 g/mol. The van der Waals surface area contributed by atoms with Gasteiger partial charge >= 0.3 is 6.18 Å². The summed E-state index contributed by atoms with van der Waals surface area (Å²) in [6.45, 7) is 0. The van der Waals surface area contributed by atoms with Crippen molar-refractivity contribution in [2.45, 2.75) is 6.18 Å². The molecule has 0 radical (unpaired) electrons. The molecule has 0 N–H and O–H groups in total. The highest BCUT2D eigenvalue weighted by Gasteiger charge is 2.38. The highest BCUT2D eigenvalue weighted by Crippen LogP contribution is 2.37. The lowest BCUT2D eigenvalue weighted by atomic mass is 10.1. The van der Waals surface area contributed by atoms with E-state index in [1.165, 1.54) is 36.5 Å². The molecule has 1 aromatic carbocycles. The summed E-state index contributed by atoms with van der Waals surface area (Å²) in [4.78, 5) is 17.6. The maximum atomic E-state index is 13.5. The summed E-state index contributed by atoms with van der Waals surface area (Å²) in [5.41, 5.74) is -1.46. The number of benzene rings is 1. The van der Waals surface area contributed by atoms with Crippen molar-refractivity contribution in [3.8, 4) is 22.9 Å². The third kappa shape index (κ3) is 3.13. The Morgan fingerprint density at radius 3 is 2.43 bits per heavy atom. The van der Waals surface area contributed by atoms with Gasteiger partial charge in [0.25, 0.3) is 5.69 Å². The van der Waals surface area contributed by atoms with Crippen LogP contribution in [0, 0.1) is 10.1 Å². The Hall–Kier alpha value is -3.89. The fraction of sp³-hybridized carbons (Fsp3) is 0.0588. The van der Waals surface area contributed by atoms with Crippen molar-refractivity contribution in [2.24, 2.45) is 0 Å². The molecule has 0 atom stereocenters. The van der Waals surface area contributed by atoms with E-state index in [0.29, 0.717) is 10.9 Å². The van der Waals surface area contributed by atoms with Gasteiger partial charge in [0.1, 0.15) is 0 Å². The van der Waals surface area contributed by atoms with E-state index in [1.54, 1.807) is 12.1 Å². The van der Waals surface area contributed by atoms with Crippen LogP contribution in [0.1, 0.15) is 5.69 Å². The second-order valence-electron chi connectivity index (χ2n) is 5.65. The van der Waals surface area contributed by atoms with Crippen molar-refractivity contribution in [3.63, 3.8) is 0 Å². The molecule has 0 aliphatic rings. The van der Waals surface area contributed by atoms with Crippen molar-refractivity contribution in [2.75, 3.05) is 0 Å². The van der Waals surface area contributed by atoms with E-state index in [2.05, 4.69) is 20.2 Å². The highest BCUT2D eigenvalue weighted by molar-refractivity contribution is 5.80. The molecule has 0 spiro atoms. The predicted octanol–water partition coefficient (Wildman–Crippen LogP) is 4.27. The van der Waals surface area contributed by atoms with Crippen LogP contribution in [0.2, 0.25) is 0 Å². The fourth-order valence-corrected chi connectivity index (χ4v) is 2.56. The molecular formula is C17H8F3N5O3. The van der Waals surface area contributed by atoms with E-state index < -0.39 is 16.8 Å². The van der Waals surface area contributed by atoms with E-state index in [-0.39, 0.29) is 28.7 Å². The Labute approximate surface area is 153 Å². The van der Waals surface area contributed by atoms with Gasteiger partial charge < -0.3 is 4.42 Å². The normalized spacial score (nSPS) is 11.7. The zero-order chi connectivity index (χ0) is 19.9. The first-order valence-corrected chi connectivity index (χ1v) is 7.74. The number of hydrogen-bond donors (Lipinski definition) is 0. The summed E-state index contributed by atoms with van der Waals surface area (Å²) in [5.74, 6) is -0.455. The van der Waals surface area contributed by atoms with E-state index in [9.17, 15) is 23.3 Å². The summed E-state index contributed by atoms with van der Waals surface area (Å²) < 4.78 is 45.8. The molecule has 3 aromatic heterocycles. The van der Waals surface area contributed by atoms with Crippen LogP contribution in [0.15, 0.2) is 53.1 Å². The van der Waals surface area contributed by atoms with Gasteiger partial charge in [-0.05, 0) is 30.3 Å². The average Bonchev–Trinajstić information content (AvgIpc) is 3.16. The SMILES string of the molecule is O=[N+]([O-])c1ccc(-c2nnc(-c3cc4cccnc4nc3C(F)(F)F)o2)cc1. The van der Waals surface area contributed by atoms with Gasteiger partial charge in [0.05, 0.1) is 10.5 Å². The van der Waals surface area contributed by atoms with Crippen molar-refractivity contribution in [1.29, 1.82) is 0 Å². The molecule has 0 amide bonds. The van der Waals surface area contributed by atoms with E-state index in [4.69, 9.17) is 4.42 Å². The van der Waals surface area contributed by atoms with Gasteiger partial charge in [0, 0.05) is 29.3 Å². The Morgan fingerprint density at radius 2 is 1.75 bits per heavy atom. The fourth-order valence-electron chi connectivity index (χ4n) is 2.56. The Morgan fingerprint density at radius 1 is 1.04 bits per heavy atom. The minimum Gasteiger partial charge on any atom is -0.416 e. The van der Waals surface area contributed by atoms with Crippen LogP contribution >= 0.6 is 0 Å². The minimum atomic E-state index is -4.76. The topological polar surface area (TPSA) is 108 Å². The Kier molecular flexibility index (Phi) is 3.99. The number of halogens is 3. The molecule has 11 heteroatoms. The van der Waals surface area contributed by atoms with Gasteiger partial charge in [-0.2, -0.15) is 13.2 Å². The summed E-state index contributed by atoms with van der Waals surface area (Å²) >= 11 is 0. The smallest absolute Gasteiger partial charge is 0.416 e. The Bertz CT molecular complexity index is 1190. The van der Waals surface area contributed by atoms with Crippen molar-refractivity contribution < 1.29 is 22.5 Å². The number of pyridine rings is 2. The predicted molar refractivity (Wildman–Crippen MR) is 89.9 cm³/mol. The quantitative estimate of drug-likeness (QED) is 0.381. The first kappa shape index (κ1) is 17.5. The van der Waals surface area contributed by atoms with E-state index in [1.807, 2.05) is 0 Å². The van der Waals surface area contributed by atoms with Crippen LogP contribution in [0.4, 0.5) is 18.9 Å². The third-order valence-corrected chi connectivity index (χ3v) is 3.84. The van der Waals surface area contributed by atoms with Gasteiger partial charge in [-0.25, -0.2) is 9.97 Å². The van der Waals surface area contributed by atoms with Crippen LogP contribution in [-0.2, 0) is 6.18 Å². The number of rotatable bonds is 3. The van der Waals surface area contributed by atoms with Crippen LogP contribution in [-0.4, -0.2) is 25.1 Å². The lowest BCUT2D eigenvalue weighted by molar-refractivity contribution is -0.384. The van der Waals surface area contributed by atoms with Crippen molar-refractivity contribution in [3.05, 3.63) is 64.5 Å². The molecule has 0 bridgehead atoms. The van der Waals surface area contributed by atoms with Gasteiger partial charge in [-0.1, -0.05) is 0 Å². The largest absolute Gasteiger partial charge is 0.434 e. The number of hydrogen-bond acceptors (Lipinski definition) is 7. The molecule has 0 saturated heterocycles. The first-order chi connectivity index (χ1) is 13.3. The summed E-state index contributed by atoms with van der Waals surface area (Å²) in [5, 5.41) is 18.5. The number of nitro groups is 1. The zero-order valence-corrected chi connectivity index (χ0v) is 13.7. The van der Waals surface area contributed by atoms with Crippen molar-refractivity contribution >= 4 is 16.7 Å². The van der Waals surface area contributed by atoms with Crippen LogP contribution in [0.3, 0.4) is 0 Å². The number of aromatic nitrogens is 4. The summed E-state index contributed by atoms with van der Waals surface area (Å²) in [6.07, 6.45) is -3.42. The molecule has 140 valence electrons. The third-order valence-electron chi connectivity index (χ3n) is 3.84. The van der Waals surface area contributed by atoms with Crippen LogP contribution in [0.25, 0.3) is 33.9 Å². The standard InChI is InChI=1S/C17H8F3N5O3/c18-17(19,20)13-12(8-10-2-1-7-21-14(10)22-13)16-24-23-15(28-16)9-3-5-11(6-4-9)25(26)27/h1-8H.